The minimum Gasteiger partial charge on any atom is -0.436 e. The van der Waals surface area contributed by atoms with Crippen LogP contribution in [0.4, 0.5) is 14.7 Å². The number of nitrogens with zero attached hydrogens (tertiary/aromatic N) is 2. The Morgan fingerprint density at radius 1 is 1.28 bits per heavy atom. The molecular formula is C10H7ClF2N4O. The second kappa shape index (κ2) is 5.11. The Hall–Kier alpha value is -1.99. The third-order valence-electron chi connectivity index (χ3n) is 1.95. The van der Waals surface area contributed by atoms with E-state index < -0.39 is 11.6 Å². The topological polar surface area (TPSA) is 73.1 Å². The number of anilines is 1. The summed E-state index contributed by atoms with van der Waals surface area (Å²) >= 11 is 5.51. The largest absolute Gasteiger partial charge is 0.436 e. The first-order valence-corrected chi connectivity index (χ1v) is 5.10. The van der Waals surface area contributed by atoms with Gasteiger partial charge in [0.2, 0.25) is 11.8 Å². The quantitative estimate of drug-likeness (QED) is 0.663. The van der Waals surface area contributed by atoms with Gasteiger partial charge in [-0.1, -0.05) is 11.6 Å². The standard InChI is InChI=1S/C10H7ClF2N4O/c11-6-2-1-5(3-7(6)12)18-9-8(13)4-15-10(16-9)17-14/h1-4H,14H2,(H,15,16,17). The lowest BCUT2D eigenvalue weighted by molar-refractivity contribution is 0.418. The van der Waals surface area contributed by atoms with Crippen molar-refractivity contribution >= 4 is 17.5 Å². The molecule has 0 radical (unpaired) electrons. The maximum atomic E-state index is 13.3. The van der Waals surface area contributed by atoms with Crippen molar-refractivity contribution in [3.63, 3.8) is 0 Å². The van der Waals surface area contributed by atoms with Gasteiger partial charge in [0, 0.05) is 6.07 Å². The molecule has 2 aromatic rings. The van der Waals surface area contributed by atoms with Gasteiger partial charge in [-0.25, -0.2) is 15.2 Å². The molecule has 1 heterocycles. The number of hydrogen-bond donors (Lipinski definition) is 2. The summed E-state index contributed by atoms with van der Waals surface area (Å²) in [6.45, 7) is 0. The monoisotopic (exact) mass is 272 g/mol. The Morgan fingerprint density at radius 3 is 2.72 bits per heavy atom. The zero-order chi connectivity index (χ0) is 13.1. The number of nitrogen functional groups attached to an aromatic ring is 1. The van der Waals surface area contributed by atoms with Crippen molar-refractivity contribution in [1.82, 2.24) is 9.97 Å². The van der Waals surface area contributed by atoms with Gasteiger partial charge in [0.15, 0.2) is 0 Å². The Morgan fingerprint density at radius 2 is 2.06 bits per heavy atom. The van der Waals surface area contributed by atoms with E-state index in [0.717, 1.165) is 12.3 Å². The average Bonchev–Trinajstić information content (AvgIpc) is 2.36. The highest BCUT2D eigenvalue weighted by Gasteiger charge is 2.10. The van der Waals surface area contributed by atoms with E-state index in [2.05, 4.69) is 15.4 Å². The van der Waals surface area contributed by atoms with E-state index in [1.165, 1.54) is 12.1 Å². The zero-order valence-corrected chi connectivity index (χ0v) is 9.58. The number of nitrogens with two attached hydrogens (primary N) is 1. The number of aromatic nitrogens is 2. The van der Waals surface area contributed by atoms with Crippen LogP contribution in [0.3, 0.4) is 0 Å². The van der Waals surface area contributed by atoms with Crippen molar-refractivity contribution in [2.75, 3.05) is 5.43 Å². The summed E-state index contributed by atoms with van der Waals surface area (Å²) < 4.78 is 31.6. The molecule has 18 heavy (non-hydrogen) atoms. The van der Waals surface area contributed by atoms with Crippen molar-refractivity contribution in [2.24, 2.45) is 5.84 Å². The predicted molar refractivity (Wildman–Crippen MR) is 61.3 cm³/mol. The van der Waals surface area contributed by atoms with Gasteiger partial charge in [-0.15, -0.1) is 0 Å². The fourth-order valence-electron chi connectivity index (χ4n) is 1.14. The molecule has 0 fully saturated rings. The van der Waals surface area contributed by atoms with Crippen LogP contribution in [0.15, 0.2) is 24.4 Å². The molecule has 1 aromatic heterocycles. The number of nitrogens with one attached hydrogen (secondary N) is 1. The second-order valence-corrected chi connectivity index (χ2v) is 3.58. The molecule has 0 atom stereocenters. The first-order chi connectivity index (χ1) is 8.60. The Balaban J connectivity index is 2.30. The van der Waals surface area contributed by atoms with E-state index in [4.69, 9.17) is 22.2 Å². The number of hydrazine groups is 1. The molecule has 0 spiro atoms. The van der Waals surface area contributed by atoms with Crippen LogP contribution in [0, 0.1) is 11.6 Å². The van der Waals surface area contributed by atoms with Crippen molar-refractivity contribution in [3.05, 3.63) is 41.1 Å². The average molecular weight is 273 g/mol. The third kappa shape index (κ3) is 2.63. The van der Waals surface area contributed by atoms with Gasteiger partial charge in [-0.2, -0.15) is 9.37 Å². The minimum atomic E-state index is -0.802. The summed E-state index contributed by atoms with van der Waals surface area (Å²) in [5.41, 5.74) is 2.14. The molecule has 94 valence electrons. The highest BCUT2D eigenvalue weighted by atomic mass is 35.5. The Bertz CT molecular complexity index is 582. The van der Waals surface area contributed by atoms with E-state index in [-0.39, 0.29) is 22.6 Å². The van der Waals surface area contributed by atoms with Crippen LogP contribution in [0.5, 0.6) is 11.6 Å². The van der Waals surface area contributed by atoms with Crippen molar-refractivity contribution in [2.45, 2.75) is 0 Å². The molecule has 0 unspecified atom stereocenters. The Labute approximate surface area is 106 Å². The van der Waals surface area contributed by atoms with Crippen LogP contribution < -0.4 is 16.0 Å². The fourth-order valence-corrected chi connectivity index (χ4v) is 1.26. The highest BCUT2D eigenvalue weighted by Crippen LogP contribution is 2.26. The van der Waals surface area contributed by atoms with Crippen molar-refractivity contribution in [1.29, 1.82) is 0 Å². The third-order valence-corrected chi connectivity index (χ3v) is 2.25. The number of benzene rings is 1. The second-order valence-electron chi connectivity index (χ2n) is 3.17. The van der Waals surface area contributed by atoms with Crippen LogP contribution in [0.25, 0.3) is 0 Å². The van der Waals surface area contributed by atoms with Gasteiger partial charge in [-0.3, -0.25) is 5.43 Å². The molecule has 0 saturated heterocycles. The molecule has 1 aromatic carbocycles. The molecule has 0 amide bonds. The maximum absolute atomic E-state index is 13.3. The van der Waals surface area contributed by atoms with Crippen LogP contribution in [0.2, 0.25) is 5.02 Å². The Kier molecular flexibility index (Phi) is 3.54. The molecule has 0 aliphatic heterocycles. The fraction of sp³-hybridized carbons (Fsp3) is 0. The molecule has 0 aliphatic carbocycles. The van der Waals surface area contributed by atoms with Crippen molar-refractivity contribution in [3.8, 4) is 11.6 Å². The summed E-state index contributed by atoms with van der Waals surface area (Å²) in [5.74, 6) is 3.25. The molecular weight excluding hydrogens is 266 g/mol. The molecule has 0 saturated carbocycles. The van der Waals surface area contributed by atoms with E-state index >= 15 is 0 Å². The molecule has 3 N–H and O–H groups in total. The smallest absolute Gasteiger partial charge is 0.260 e. The first kappa shape index (κ1) is 12.5. The molecule has 0 aliphatic rings. The molecule has 8 heteroatoms. The SMILES string of the molecule is NNc1ncc(F)c(Oc2ccc(Cl)c(F)c2)n1. The van der Waals surface area contributed by atoms with Crippen LogP contribution in [0.1, 0.15) is 0 Å². The lowest BCUT2D eigenvalue weighted by Crippen LogP contribution is -2.11. The van der Waals surface area contributed by atoms with E-state index in [1.54, 1.807) is 0 Å². The van der Waals surface area contributed by atoms with E-state index in [1.807, 2.05) is 0 Å². The van der Waals surface area contributed by atoms with Crippen LogP contribution in [-0.2, 0) is 0 Å². The van der Waals surface area contributed by atoms with Gasteiger partial charge < -0.3 is 4.74 Å². The first-order valence-electron chi connectivity index (χ1n) is 4.72. The summed E-state index contributed by atoms with van der Waals surface area (Å²) in [4.78, 5) is 7.17. The van der Waals surface area contributed by atoms with Crippen molar-refractivity contribution < 1.29 is 13.5 Å². The van der Waals surface area contributed by atoms with Gasteiger partial charge >= 0.3 is 0 Å². The van der Waals surface area contributed by atoms with Crippen LogP contribution in [-0.4, -0.2) is 9.97 Å². The number of ether oxygens (including phenoxy) is 1. The lowest BCUT2D eigenvalue weighted by atomic mass is 10.3. The number of halogens is 3. The summed E-state index contributed by atoms with van der Waals surface area (Å²) in [6.07, 6.45) is 0.879. The van der Waals surface area contributed by atoms with E-state index in [0.29, 0.717) is 0 Å². The number of hydrogen-bond acceptors (Lipinski definition) is 5. The normalized spacial score (nSPS) is 10.2. The molecule has 5 nitrogen and oxygen atoms in total. The minimum absolute atomic E-state index is 0.0270. The van der Waals surface area contributed by atoms with E-state index in [9.17, 15) is 8.78 Å². The van der Waals surface area contributed by atoms with Gasteiger partial charge in [-0.05, 0) is 12.1 Å². The number of rotatable bonds is 3. The highest BCUT2D eigenvalue weighted by molar-refractivity contribution is 6.30. The molecule has 2 rings (SSSR count). The zero-order valence-electron chi connectivity index (χ0n) is 8.82. The molecule has 0 bridgehead atoms. The predicted octanol–water partition coefficient (Wildman–Crippen LogP) is 2.49. The van der Waals surface area contributed by atoms with Gasteiger partial charge in [0.25, 0.3) is 5.88 Å². The van der Waals surface area contributed by atoms with Crippen LogP contribution >= 0.6 is 11.6 Å². The van der Waals surface area contributed by atoms with Gasteiger partial charge in [0.1, 0.15) is 11.6 Å². The lowest BCUT2D eigenvalue weighted by Gasteiger charge is -2.07. The van der Waals surface area contributed by atoms with Gasteiger partial charge in [0.05, 0.1) is 11.2 Å². The summed E-state index contributed by atoms with van der Waals surface area (Å²) in [7, 11) is 0. The summed E-state index contributed by atoms with van der Waals surface area (Å²) in [6, 6.07) is 3.68. The maximum Gasteiger partial charge on any atom is 0.260 e. The summed E-state index contributed by atoms with van der Waals surface area (Å²) in [5, 5.41) is -0.0603.